The van der Waals surface area contributed by atoms with Crippen LogP contribution in [0.25, 0.3) is 10.9 Å². The predicted molar refractivity (Wildman–Crippen MR) is 157 cm³/mol. The summed E-state index contributed by atoms with van der Waals surface area (Å²) in [7, 11) is -4.46. The molecule has 0 bridgehead atoms. The average molecular weight is 594 g/mol. The number of fused-ring (bicyclic) bond motifs is 1. The Balaban J connectivity index is 1.31. The summed E-state index contributed by atoms with van der Waals surface area (Å²) in [4.78, 5) is 29.3. The zero-order valence-corrected chi connectivity index (χ0v) is 23.5. The maximum atomic E-state index is 13.2. The summed E-state index contributed by atoms with van der Waals surface area (Å²) in [6.45, 7) is 2.50. The lowest BCUT2D eigenvalue weighted by molar-refractivity contribution is -0.384. The molecule has 5 rings (SSSR count). The number of para-hydroxylation sites is 1. The maximum Gasteiger partial charge on any atom is 0.293 e. The van der Waals surface area contributed by atoms with Gasteiger partial charge in [-0.2, -0.15) is 0 Å². The van der Waals surface area contributed by atoms with Crippen LogP contribution in [0.3, 0.4) is 0 Å². The van der Waals surface area contributed by atoms with E-state index in [1.807, 2.05) is 16.9 Å². The highest BCUT2D eigenvalue weighted by Crippen LogP contribution is 2.32. The highest BCUT2D eigenvalue weighted by molar-refractivity contribution is 7.90. The van der Waals surface area contributed by atoms with Crippen molar-refractivity contribution < 1.29 is 28.0 Å². The Morgan fingerprint density at radius 3 is 2.60 bits per heavy atom. The number of nitro groups is 1. The largest absolute Gasteiger partial charge is 0.456 e. The number of nitro benzene ring substituents is 1. The summed E-state index contributed by atoms with van der Waals surface area (Å²) in [5.74, 6) is -0.317. The molecule has 1 amide bonds. The van der Waals surface area contributed by atoms with Gasteiger partial charge in [0.15, 0.2) is 0 Å². The van der Waals surface area contributed by atoms with Crippen molar-refractivity contribution in [1.82, 2.24) is 14.6 Å². The smallest absolute Gasteiger partial charge is 0.293 e. The average Bonchev–Trinajstić information content (AvgIpc) is 3.47. The van der Waals surface area contributed by atoms with E-state index >= 15 is 0 Å². The van der Waals surface area contributed by atoms with Gasteiger partial charge in [0, 0.05) is 55.4 Å². The third kappa shape index (κ3) is 6.54. The van der Waals surface area contributed by atoms with Crippen LogP contribution in [0.1, 0.15) is 29.6 Å². The Labute approximate surface area is 242 Å². The molecule has 1 aromatic heterocycles. The number of aliphatic hydroxyl groups is 1. The van der Waals surface area contributed by atoms with E-state index in [1.54, 1.807) is 36.5 Å². The minimum Gasteiger partial charge on any atom is -0.456 e. The van der Waals surface area contributed by atoms with Gasteiger partial charge < -0.3 is 25.0 Å². The van der Waals surface area contributed by atoms with Crippen molar-refractivity contribution in [3.63, 3.8) is 0 Å². The van der Waals surface area contributed by atoms with Gasteiger partial charge in [-0.05, 0) is 61.7 Å². The Kier molecular flexibility index (Phi) is 8.71. The first-order chi connectivity index (χ1) is 20.2. The Morgan fingerprint density at radius 1 is 1.07 bits per heavy atom. The van der Waals surface area contributed by atoms with Crippen molar-refractivity contribution in [2.24, 2.45) is 0 Å². The van der Waals surface area contributed by atoms with E-state index in [-0.39, 0.29) is 29.6 Å². The fourth-order valence-corrected chi connectivity index (χ4v) is 6.00. The number of nitrogens with one attached hydrogen (secondary N) is 3. The van der Waals surface area contributed by atoms with Crippen molar-refractivity contribution in [3.8, 4) is 11.5 Å². The maximum absolute atomic E-state index is 13.2. The molecule has 0 aliphatic carbocycles. The zero-order valence-electron chi connectivity index (χ0n) is 22.7. The molecule has 2 heterocycles. The van der Waals surface area contributed by atoms with Gasteiger partial charge >= 0.3 is 0 Å². The highest BCUT2D eigenvalue weighted by atomic mass is 32.2. The molecule has 3 aromatic carbocycles. The number of H-pyrrole nitrogens is 1. The number of aromatic amines is 1. The van der Waals surface area contributed by atoms with E-state index in [0.29, 0.717) is 12.2 Å². The molecule has 13 heteroatoms. The number of benzene rings is 3. The molecule has 0 saturated carbocycles. The van der Waals surface area contributed by atoms with Crippen LogP contribution in [0, 0.1) is 10.1 Å². The molecule has 1 aliphatic heterocycles. The normalized spacial score (nSPS) is 14.5. The van der Waals surface area contributed by atoms with Crippen molar-refractivity contribution in [1.29, 1.82) is 0 Å². The van der Waals surface area contributed by atoms with Crippen LogP contribution in [0.2, 0.25) is 0 Å². The molecule has 1 saturated heterocycles. The predicted octanol–water partition coefficient (Wildman–Crippen LogP) is 4.25. The van der Waals surface area contributed by atoms with Gasteiger partial charge in [0.05, 0.1) is 15.4 Å². The van der Waals surface area contributed by atoms with Gasteiger partial charge in [0.1, 0.15) is 17.2 Å². The van der Waals surface area contributed by atoms with Crippen molar-refractivity contribution in [3.05, 3.63) is 88.6 Å². The molecule has 1 fully saturated rings. The quantitative estimate of drug-likeness (QED) is 0.147. The molecular weight excluding hydrogens is 562 g/mol. The molecular formula is C29H31N5O7S. The second-order valence-electron chi connectivity index (χ2n) is 10.0. The first-order valence-electron chi connectivity index (χ1n) is 13.5. The van der Waals surface area contributed by atoms with E-state index in [4.69, 9.17) is 9.84 Å². The van der Waals surface area contributed by atoms with Crippen molar-refractivity contribution in [2.45, 2.75) is 30.2 Å². The molecule has 42 heavy (non-hydrogen) atoms. The van der Waals surface area contributed by atoms with E-state index < -0.39 is 31.4 Å². The minimum atomic E-state index is -4.46. The van der Waals surface area contributed by atoms with Gasteiger partial charge in [-0.1, -0.05) is 18.2 Å². The van der Waals surface area contributed by atoms with Gasteiger partial charge in [0.2, 0.25) is 0 Å². The lowest BCUT2D eigenvalue weighted by Crippen LogP contribution is -2.39. The van der Waals surface area contributed by atoms with Crippen LogP contribution in [0.5, 0.6) is 11.5 Å². The van der Waals surface area contributed by atoms with Crippen LogP contribution >= 0.6 is 0 Å². The van der Waals surface area contributed by atoms with Gasteiger partial charge in [-0.3, -0.25) is 14.9 Å². The Morgan fingerprint density at radius 2 is 1.83 bits per heavy atom. The van der Waals surface area contributed by atoms with Gasteiger partial charge in [-0.15, -0.1) is 0 Å². The SMILES string of the molecule is O=C(NS(=O)(=O)c1ccc(NC2CCN(CCCO)CC2)c([N+](=O)[O-])c1)c1ccccc1Oc1cccc2[nH]ccc12. The number of rotatable bonds is 11. The fourth-order valence-electron chi connectivity index (χ4n) is 5.01. The molecule has 4 aromatic rings. The van der Waals surface area contributed by atoms with Crippen LogP contribution < -0.4 is 14.8 Å². The van der Waals surface area contributed by atoms with E-state index in [2.05, 4.69) is 15.2 Å². The fraction of sp³-hybridized carbons (Fsp3) is 0.276. The van der Waals surface area contributed by atoms with Crippen LogP contribution in [0.15, 0.2) is 77.8 Å². The van der Waals surface area contributed by atoms with Crippen LogP contribution in [-0.4, -0.2) is 66.5 Å². The first kappa shape index (κ1) is 29.0. The Bertz CT molecular complexity index is 1700. The number of sulfonamides is 1. The topological polar surface area (TPSA) is 167 Å². The first-order valence-corrected chi connectivity index (χ1v) is 15.0. The van der Waals surface area contributed by atoms with Crippen molar-refractivity contribution >= 4 is 38.2 Å². The number of likely N-dealkylation sites (tertiary alicyclic amines) is 1. The lowest BCUT2D eigenvalue weighted by atomic mass is 10.0. The molecule has 0 unspecified atom stereocenters. The number of hydrogen-bond donors (Lipinski definition) is 4. The molecule has 220 valence electrons. The number of carbonyl (C=O) groups excluding carboxylic acids is 1. The van der Waals surface area contributed by atoms with Gasteiger partial charge in [0.25, 0.3) is 21.6 Å². The van der Waals surface area contributed by atoms with Crippen LogP contribution in [-0.2, 0) is 10.0 Å². The van der Waals surface area contributed by atoms with Crippen LogP contribution in [0.4, 0.5) is 11.4 Å². The molecule has 4 N–H and O–H groups in total. The summed E-state index contributed by atoms with van der Waals surface area (Å²) < 4.78 is 34.4. The highest BCUT2D eigenvalue weighted by Gasteiger charge is 2.27. The van der Waals surface area contributed by atoms with E-state index in [1.165, 1.54) is 18.2 Å². The molecule has 0 spiro atoms. The standard InChI is InChI=1S/C29H31N5O7S/c35-18-4-15-33-16-12-20(13-17-33)31-25-10-9-21(19-26(25)34(37)38)42(39,40)32-29(36)23-5-1-2-7-28(23)41-27-8-3-6-24-22(27)11-14-30-24/h1-3,5-11,14,19-20,30-31,35H,4,12-13,15-18H2,(H,32,36). The number of piperidine rings is 1. The third-order valence-electron chi connectivity index (χ3n) is 7.19. The number of ether oxygens (including phenoxy) is 1. The van der Waals surface area contributed by atoms with E-state index in [0.717, 1.165) is 49.4 Å². The van der Waals surface area contributed by atoms with E-state index in [9.17, 15) is 23.3 Å². The number of nitrogens with zero attached hydrogens (tertiary/aromatic N) is 2. The molecule has 12 nitrogen and oxygen atoms in total. The molecule has 0 radical (unpaired) electrons. The second-order valence-corrected chi connectivity index (χ2v) is 11.7. The lowest BCUT2D eigenvalue weighted by Gasteiger charge is -2.32. The summed E-state index contributed by atoms with van der Waals surface area (Å²) >= 11 is 0. The summed E-state index contributed by atoms with van der Waals surface area (Å²) in [5.41, 5.74) is 0.611. The van der Waals surface area contributed by atoms with Gasteiger partial charge in [-0.25, -0.2) is 13.1 Å². The number of aromatic nitrogens is 1. The third-order valence-corrected chi connectivity index (χ3v) is 8.52. The second kappa shape index (κ2) is 12.6. The van der Waals surface area contributed by atoms with Crippen molar-refractivity contribution in [2.75, 3.05) is 31.6 Å². The number of aliphatic hydroxyl groups excluding tert-OH is 1. The molecule has 0 atom stereocenters. The number of carbonyl (C=O) groups is 1. The zero-order chi connectivity index (χ0) is 29.7. The number of hydrogen-bond acceptors (Lipinski definition) is 9. The monoisotopic (exact) mass is 593 g/mol. The number of amides is 1. The number of anilines is 1. The Hall–Kier alpha value is -4.46. The summed E-state index contributed by atoms with van der Waals surface area (Å²) in [5, 5.41) is 24.9. The molecule has 1 aliphatic rings. The summed E-state index contributed by atoms with van der Waals surface area (Å²) in [6, 6.07) is 16.9. The summed E-state index contributed by atoms with van der Waals surface area (Å²) in [6.07, 6.45) is 3.95. The minimum absolute atomic E-state index is 0.0215.